The summed E-state index contributed by atoms with van der Waals surface area (Å²) in [5.41, 5.74) is 3.91. The van der Waals surface area contributed by atoms with Crippen LogP contribution in [0.1, 0.15) is 29.2 Å². The van der Waals surface area contributed by atoms with Crippen LogP contribution in [0, 0.1) is 6.92 Å². The van der Waals surface area contributed by atoms with E-state index in [9.17, 15) is 0 Å². The molecule has 2 nitrogen and oxygen atoms in total. The molecule has 0 fully saturated rings. The minimum atomic E-state index is 0.101. The smallest absolute Gasteiger partial charge is 0.0849 e. The van der Waals surface area contributed by atoms with Crippen molar-refractivity contribution < 1.29 is 9.84 Å². The van der Waals surface area contributed by atoms with Gasteiger partial charge in [0.15, 0.2) is 0 Å². The van der Waals surface area contributed by atoms with Crippen LogP contribution >= 0.6 is 0 Å². The Morgan fingerprint density at radius 1 is 1.50 bits per heavy atom. The van der Waals surface area contributed by atoms with Crippen molar-refractivity contribution in [2.75, 3.05) is 13.2 Å². The fraction of sp³-hybridized carbons (Fsp3) is 0.500. The number of rotatable bonds is 2. The molecule has 0 amide bonds. The zero-order valence-corrected chi connectivity index (χ0v) is 8.49. The van der Waals surface area contributed by atoms with Gasteiger partial charge in [-0.3, -0.25) is 0 Å². The lowest BCUT2D eigenvalue weighted by molar-refractivity contribution is 0.0253. The van der Waals surface area contributed by atoms with Crippen molar-refractivity contribution in [3.05, 3.63) is 34.9 Å². The molecule has 2 heteroatoms. The number of benzene rings is 1. The fourth-order valence-electron chi connectivity index (χ4n) is 2.00. The van der Waals surface area contributed by atoms with Crippen LogP contribution in [0.3, 0.4) is 0 Å². The second-order valence-electron chi connectivity index (χ2n) is 3.82. The molecule has 0 aromatic heterocycles. The highest BCUT2D eigenvalue weighted by Gasteiger charge is 2.19. The molecule has 0 spiro atoms. The lowest BCUT2D eigenvalue weighted by atomic mass is 9.94. The first kappa shape index (κ1) is 9.69. The summed E-state index contributed by atoms with van der Waals surface area (Å²) in [7, 11) is 0. The molecule has 2 rings (SSSR count). The van der Waals surface area contributed by atoms with Gasteiger partial charge in [-0.25, -0.2) is 0 Å². The molecule has 0 bridgehead atoms. The molecular formula is C12H16O2. The van der Waals surface area contributed by atoms with Gasteiger partial charge < -0.3 is 9.84 Å². The minimum Gasteiger partial charge on any atom is -0.396 e. The summed E-state index contributed by atoms with van der Waals surface area (Å²) < 4.78 is 5.64. The number of hydrogen-bond acceptors (Lipinski definition) is 2. The van der Waals surface area contributed by atoms with Gasteiger partial charge >= 0.3 is 0 Å². The van der Waals surface area contributed by atoms with Gasteiger partial charge in [0.2, 0.25) is 0 Å². The molecule has 14 heavy (non-hydrogen) atoms. The van der Waals surface area contributed by atoms with E-state index < -0.39 is 0 Å². The highest BCUT2D eigenvalue weighted by atomic mass is 16.5. The zero-order valence-electron chi connectivity index (χ0n) is 8.49. The molecular weight excluding hydrogens is 176 g/mol. The largest absolute Gasteiger partial charge is 0.396 e. The van der Waals surface area contributed by atoms with Gasteiger partial charge in [0, 0.05) is 13.0 Å². The molecule has 1 aromatic rings. The molecule has 1 aliphatic heterocycles. The van der Waals surface area contributed by atoms with Crippen molar-refractivity contribution in [3.8, 4) is 0 Å². The molecule has 0 radical (unpaired) electrons. The summed E-state index contributed by atoms with van der Waals surface area (Å²) in [6, 6.07) is 6.49. The topological polar surface area (TPSA) is 29.5 Å². The lowest BCUT2D eigenvalue weighted by Gasteiger charge is -2.26. The monoisotopic (exact) mass is 192 g/mol. The summed E-state index contributed by atoms with van der Waals surface area (Å²) >= 11 is 0. The summed E-state index contributed by atoms with van der Waals surface area (Å²) in [5, 5.41) is 8.93. The molecule has 1 unspecified atom stereocenters. The van der Waals surface area contributed by atoms with E-state index in [1.165, 1.54) is 16.7 Å². The second kappa shape index (κ2) is 4.11. The van der Waals surface area contributed by atoms with Crippen molar-refractivity contribution in [2.45, 2.75) is 25.9 Å². The quantitative estimate of drug-likeness (QED) is 0.776. The standard InChI is InChI=1S/C12H16O2/c1-9-2-3-10-5-7-14-12(4-6-13)11(10)8-9/h2-3,8,12-13H,4-7H2,1H3. The van der Waals surface area contributed by atoms with Crippen molar-refractivity contribution in [2.24, 2.45) is 0 Å². The third-order valence-electron chi connectivity index (χ3n) is 2.73. The summed E-state index contributed by atoms with van der Waals surface area (Å²) in [5.74, 6) is 0. The van der Waals surface area contributed by atoms with Crippen LogP contribution in [0.4, 0.5) is 0 Å². The maximum absolute atomic E-state index is 8.93. The van der Waals surface area contributed by atoms with Crippen LogP contribution in [0.15, 0.2) is 18.2 Å². The Balaban J connectivity index is 2.32. The molecule has 1 aromatic carbocycles. The van der Waals surface area contributed by atoms with Gasteiger partial charge in [-0.05, 0) is 24.5 Å². The molecule has 1 aliphatic rings. The van der Waals surface area contributed by atoms with Gasteiger partial charge in [0.05, 0.1) is 12.7 Å². The van der Waals surface area contributed by atoms with Crippen molar-refractivity contribution in [1.82, 2.24) is 0 Å². The third-order valence-corrected chi connectivity index (χ3v) is 2.73. The molecule has 76 valence electrons. The predicted molar refractivity (Wildman–Crippen MR) is 55.3 cm³/mol. The van der Waals surface area contributed by atoms with Crippen LogP contribution in [0.25, 0.3) is 0 Å². The first-order chi connectivity index (χ1) is 6.81. The first-order valence-corrected chi connectivity index (χ1v) is 5.13. The normalized spacial score (nSPS) is 20.6. The number of hydrogen-bond donors (Lipinski definition) is 1. The average Bonchev–Trinajstić information content (AvgIpc) is 2.19. The Labute approximate surface area is 84.5 Å². The number of aliphatic hydroxyl groups excluding tert-OH is 1. The number of fused-ring (bicyclic) bond motifs is 1. The Morgan fingerprint density at radius 3 is 3.14 bits per heavy atom. The molecule has 0 aliphatic carbocycles. The van der Waals surface area contributed by atoms with Crippen LogP contribution < -0.4 is 0 Å². The average molecular weight is 192 g/mol. The first-order valence-electron chi connectivity index (χ1n) is 5.13. The van der Waals surface area contributed by atoms with Gasteiger partial charge in [-0.15, -0.1) is 0 Å². The Hall–Kier alpha value is -0.860. The second-order valence-corrected chi connectivity index (χ2v) is 3.82. The molecule has 0 saturated heterocycles. The number of aryl methyl sites for hydroxylation is 1. The van der Waals surface area contributed by atoms with Gasteiger partial charge in [-0.1, -0.05) is 23.8 Å². The van der Waals surface area contributed by atoms with E-state index in [2.05, 4.69) is 25.1 Å². The number of aliphatic hydroxyl groups is 1. The Kier molecular flexibility index (Phi) is 2.85. The van der Waals surface area contributed by atoms with Crippen molar-refractivity contribution in [3.63, 3.8) is 0 Å². The maximum atomic E-state index is 8.93. The van der Waals surface area contributed by atoms with Gasteiger partial charge in [-0.2, -0.15) is 0 Å². The van der Waals surface area contributed by atoms with Crippen LogP contribution in [-0.2, 0) is 11.2 Å². The van der Waals surface area contributed by atoms with Gasteiger partial charge in [0.1, 0.15) is 0 Å². The number of ether oxygens (including phenoxy) is 1. The highest BCUT2D eigenvalue weighted by molar-refractivity contribution is 5.34. The van der Waals surface area contributed by atoms with Crippen LogP contribution in [-0.4, -0.2) is 18.3 Å². The maximum Gasteiger partial charge on any atom is 0.0849 e. The Morgan fingerprint density at radius 2 is 2.36 bits per heavy atom. The van der Waals surface area contributed by atoms with E-state index in [4.69, 9.17) is 9.84 Å². The molecule has 1 heterocycles. The van der Waals surface area contributed by atoms with E-state index in [1.54, 1.807) is 0 Å². The molecule has 1 N–H and O–H groups in total. The van der Waals surface area contributed by atoms with E-state index in [1.807, 2.05) is 0 Å². The summed E-state index contributed by atoms with van der Waals surface area (Å²) in [6.45, 7) is 3.06. The fourth-order valence-corrected chi connectivity index (χ4v) is 2.00. The molecule has 1 atom stereocenters. The van der Waals surface area contributed by atoms with E-state index in [0.717, 1.165) is 13.0 Å². The third kappa shape index (κ3) is 1.81. The highest BCUT2D eigenvalue weighted by Crippen LogP contribution is 2.29. The Bertz CT molecular complexity index is 320. The van der Waals surface area contributed by atoms with Crippen LogP contribution in [0.2, 0.25) is 0 Å². The predicted octanol–water partition coefficient (Wildman–Crippen LogP) is 1.99. The van der Waals surface area contributed by atoms with Crippen molar-refractivity contribution in [1.29, 1.82) is 0 Å². The molecule has 0 saturated carbocycles. The zero-order chi connectivity index (χ0) is 9.97. The van der Waals surface area contributed by atoms with E-state index in [-0.39, 0.29) is 12.7 Å². The van der Waals surface area contributed by atoms with E-state index >= 15 is 0 Å². The van der Waals surface area contributed by atoms with Crippen molar-refractivity contribution >= 4 is 0 Å². The SMILES string of the molecule is Cc1ccc2c(c1)C(CCO)OCC2. The lowest BCUT2D eigenvalue weighted by Crippen LogP contribution is -2.17. The van der Waals surface area contributed by atoms with Gasteiger partial charge in [0.25, 0.3) is 0 Å². The minimum absolute atomic E-state index is 0.101. The summed E-state index contributed by atoms with van der Waals surface area (Å²) in [4.78, 5) is 0. The van der Waals surface area contributed by atoms with E-state index in [0.29, 0.717) is 6.42 Å². The van der Waals surface area contributed by atoms with Crippen LogP contribution in [0.5, 0.6) is 0 Å². The summed E-state index contributed by atoms with van der Waals surface area (Å²) in [6.07, 6.45) is 1.80.